The second-order valence-electron chi connectivity index (χ2n) is 4.84. The summed E-state index contributed by atoms with van der Waals surface area (Å²) in [7, 11) is 0. The van der Waals surface area contributed by atoms with Gasteiger partial charge in [0.1, 0.15) is 0 Å². The van der Waals surface area contributed by atoms with E-state index in [-0.39, 0.29) is 0 Å². The van der Waals surface area contributed by atoms with Gasteiger partial charge >= 0.3 is 0 Å². The summed E-state index contributed by atoms with van der Waals surface area (Å²) in [5.74, 6) is 0. The summed E-state index contributed by atoms with van der Waals surface area (Å²) in [6.07, 6.45) is 2.02. The highest BCUT2D eigenvalue weighted by Crippen LogP contribution is 2.19. The van der Waals surface area contributed by atoms with E-state index in [9.17, 15) is 0 Å². The molecule has 0 bridgehead atoms. The first kappa shape index (κ1) is 11.2. The zero-order chi connectivity index (χ0) is 12.4. The van der Waals surface area contributed by atoms with Crippen LogP contribution in [0.3, 0.4) is 0 Å². The fourth-order valence-corrected chi connectivity index (χ4v) is 2.56. The quantitative estimate of drug-likeness (QED) is 0.754. The SMILES string of the molecule is Cc1ccccc1CC1=NCCc2ccccc21. The van der Waals surface area contributed by atoms with Gasteiger partial charge in [-0.05, 0) is 35.6 Å². The molecule has 0 fully saturated rings. The molecule has 3 rings (SSSR count). The molecule has 0 spiro atoms. The number of rotatable bonds is 2. The molecule has 1 aliphatic rings. The third-order valence-corrected chi connectivity index (χ3v) is 3.63. The average molecular weight is 235 g/mol. The summed E-state index contributed by atoms with van der Waals surface area (Å²) in [5.41, 5.74) is 6.76. The zero-order valence-electron chi connectivity index (χ0n) is 10.7. The first-order valence-electron chi connectivity index (χ1n) is 6.51. The summed E-state index contributed by atoms with van der Waals surface area (Å²) in [6, 6.07) is 17.2. The Morgan fingerprint density at radius 1 is 1.00 bits per heavy atom. The van der Waals surface area contributed by atoms with Gasteiger partial charge in [0.15, 0.2) is 0 Å². The molecule has 0 N–H and O–H groups in total. The van der Waals surface area contributed by atoms with Gasteiger partial charge in [0.05, 0.1) is 0 Å². The van der Waals surface area contributed by atoms with Crippen molar-refractivity contribution in [2.75, 3.05) is 6.54 Å². The molecule has 0 aliphatic carbocycles. The van der Waals surface area contributed by atoms with Crippen molar-refractivity contribution >= 4 is 5.71 Å². The van der Waals surface area contributed by atoms with E-state index in [0.717, 1.165) is 19.4 Å². The van der Waals surface area contributed by atoms with Gasteiger partial charge in [0.25, 0.3) is 0 Å². The van der Waals surface area contributed by atoms with Crippen molar-refractivity contribution in [2.24, 2.45) is 4.99 Å². The smallest absolute Gasteiger partial charge is 0.0467 e. The second kappa shape index (κ2) is 4.77. The largest absolute Gasteiger partial charge is 0.288 e. The number of aryl methyl sites for hydroxylation is 1. The number of benzene rings is 2. The van der Waals surface area contributed by atoms with Crippen molar-refractivity contribution in [3.05, 3.63) is 70.8 Å². The Morgan fingerprint density at radius 2 is 1.78 bits per heavy atom. The minimum atomic E-state index is 0.929. The van der Waals surface area contributed by atoms with Crippen LogP contribution < -0.4 is 0 Å². The highest BCUT2D eigenvalue weighted by molar-refractivity contribution is 6.03. The fraction of sp³-hybridized carbons (Fsp3) is 0.235. The zero-order valence-corrected chi connectivity index (χ0v) is 10.7. The first-order chi connectivity index (χ1) is 8.84. The van der Waals surface area contributed by atoms with Gasteiger partial charge in [-0.1, -0.05) is 48.5 Å². The molecule has 0 radical (unpaired) electrons. The van der Waals surface area contributed by atoms with Crippen molar-refractivity contribution in [3.8, 4) is 0 Å². The maximum absolute atomic E-state index is 4.72. The molecule has 0 atom stereocenters. The molecule has 1 heterocycles. The second-order valence-corrected chi connectivity index (χ2v) is 4.84. The Morgan fingerprint density at radius 3 is 2.67 bits per heavy atom. The van der Waals surface area contributed by atoms with Gasteiger partial charge in [-0.15, -0.1) is 0 Å². The lowest BCUT2D eigenvalue weighted by molar-refractivity contribution is 0.933. The average Bonchev–Trinajstić information content (AvgIpc) is 2.42. The molecule has 90 valence electrons. The lowest BCUT2D eigenvalue weighted by Crippen LogP contribution is -2.15. The van der Waals surface area contributed by atoms with E-state index in [4.69, 9.17) is 4.99 Å². The van der Waals surface area contributed by atoms with Crippen molar-refractivity contribution in [2.45, 2.75) is 19.8 Å². The van der Waals surface area contributed by atoms with Gasteiger partial charge in [-0.2, -0.15) is 0 Å². The monoisotopic (exact) mass is 235 g/mol. The van der Waals surface area contributed by atoms with Crippen molar-refractivity contribution in [1.29, 1.82) is 0 Å². The number of nitrogens with zero attached hydrogens (tertiary/aromatic N) is 1. The molecule has 1 heteroatoms. The first-order valence-corrected chi connectivity index (χ1v) is 6.51. The Hall–Kier alpha value is -1.89. The van der Waals surface area contributed by atoms with E-state index in [1.807, 2.05) is 0 Å². The third-order valence-electron chi connectivity index (χ3n) is 3.63. The van der Waals surface area contributed by atoms with Crippen LogP contribution in [0.5, 0.6) is 0 Å². The van der Waals surface area contributed by atoms with Crippen molar-refractivity contribution in [3.63, 3.8) is 0 Å². The van der Waals surface area contributed by atoms with E-state index >= 15 is 0 Å². The molecule has 0 unspecified atom stereocenters. The summed E-state index contributed by atoms with van der Waals surface area (Å²) in [4.78, 5) is 4.72. The number of aliphatic imine (C=N–C) groups is 1. The van der Waals surface area contributed by atoms with Crippen LogP contribution in [0.25, 0.3) is 0 Å². The van der Waals surface area contributed by atoms with Crippen molar-refractivity contribution in [1.82, 2.24) is 0 Å². The minimum absolute atomic E-state index is 0.929. The summed E-state index contributed by atoms with van der Waals surface area (Å²) in [5, 5.41) is 0. The molecular formula is C17H17N. The van der Waals surface area contributed by atoms with E-state index in [1.54, 1.807) is 0 Å². The third kappa shape index (κ3) is 2.08. The molecule has 2 aromatic carbocycles. The van der Waals surface area contributed by atoms with Gasteiger partial charge in [0, 0.05) is 18.7 Å². The summed E-state index contributed by atoms with van der Waals surface area (Å²) >= 11 is 0. The van der Waals surface area contributed by atoms with E-state index < -0.39 is 0 Å². The van der Waals surface area contributed by atoms with Crippen LogP contribution in [-0.4, -0.2) is 12.3 Å². The Labute approximate surface area is 108 Å². The fourth-order valence-electron chi connectivity index (χ4n) is 2.56. The standard InChI is InChI=1S/C17H17N/c1-13-6-2-3-8-15(13)12-17-16-9-5-4-7-14(16)10-11-18-17/h2-9H,10-12H2,1H3. The Bertz CT molecular complexity index is 596. The molecule has 0 aromatic heterocycles. The van der Waals surface area contributed by atoms with E-state index in [1.165, 1.54) is 28.0 Å². The van der Waals surface area contributed by atoms with E-state index in [2.05, 4.69) is 55.5 Å². The Balaban J connectivity index is 1.95. The highest BCUT2D eigenvalue weighted by atomic mass is 14.7. The normalized spacial score (nSPS) is 13.9. The maximum Gasteiger partial charge on any atom is 0.0467 e. The lowest BCUT2D eigenvalue weighted by atomic mass is 9.92. The minimum Gasteiger partial charge on any atom is -0.288 e. The predicted molar refractivity (Wildman–Crippen MR) is 76.4 cm³/mol. The molecule has 0 saturated carbocycles. The molecule has 18 heavy (non-hydrogen) atoms. The van der Waals surface area contributed by atoms with Crippen LogP contribution in [0.4, 0.5) is 0 Å². The summed E-state index contributed by atoms with van der Waals surface area (Å²) < 4.78 is 0. The highest BCUT2D eigenvalue weighted by Gasteiger charge is 2.14. The van der Waals surface area contributed by atoms with Crippen LogP contribution in [-0.2, 0) is 12.8 Å². The molecular weight excluding hydrogens is 218 g/mol. The Kier molecular flexibility index (Phi) is 2.97. The van der Waals surface area contributed by atoms with Crippen molar-refractivity contribution < 1.29 is 0 Å². The van der Waals surface area contributed by atoms with Gasteiger partial charge in [-0.3, -0.25) is 4.99 Å². The van der Waals surface area contributed by atoms with Gasteiger partial charge in [0.2, 0.25) is 0 Å². The van der Waals surface area contributed by atoms with Crippen LogP contribution in [0.1, 0.15) is 22.3 Å². The van der Waals surface area contributed by atoms with Gasteiger partial charge < -0.3 is 0 Å². The van der Waals surface area contributed by atoms with Crippen LogP contribution in [0, 0.1) is 6.92 Å². The molecule has 0 saturated heterocycles. The summed E-state index contributed by atoms with van der Waals surface area (Å²) in [6.45, 7) is 3.10. The van der Waals surface area contributed by atoms with E-state index in [0.29, 0.717) is 0 Å². The molecule has 0 amide bonds. The van der Waals surface area contributed by atoms with Crippen LogP contribution in [0.2, 0.25) is 0 Å². The number of hydrogen-bond acceptors (Lipinski definition) is 1. The molecule has 2 aromatic rings. The molecule has 1 aliphatic heterocycles. The lowest BCUT2D eigenvalue weighted by Gasteiger charge is -2.17. The molecule has 1 nitrogen and oxygen atoms in total. The van der Waals surface area contributed by atoms with Crippen LogP contribution >= 0.6 is 0 Å². The number of hydrogen-bond donors (Lipinski definition) is 0. The predicted octanol–water partition coefficient (Wildman–Crippen LogP) is 3.58. The van der Waals surface area contributed by atoms with Gasteiger partial charge in [-0.25, -0.2) is 0 Å². The van der Waals surface area contributed by atoms with Crippen LogP contribution in [0.15, 0.2) is 53.5 Å². The topological polar surface area (TPSA) is 12.4 Å². The maximum atomic E-state index is 4.72. The number of fused-ring (bicyclic) bond motifs is 1.